The van der Waals surface area contributed by atoms with Crippen LogP contribution in [0.4, 0.5) is 0 Å². The molecule has 4 nitrogen and oxygen atoms in total. The highest BCUT2D eigenvalue weighted by Gasteiger charge is 2.28. The first-order chi connectivity index (χ1) is 7.68. The third-order valence-electron chi connectivity index (χ3n) is 3.76. The Balaban J connectivity index is 1.66. The van der Waals surface area contributed by atoms with Crippen molar-refractivity contribution >= 4 is 5.91 Å². The average molecular weight is 225 g/mol. The standard InChI is InChI=1S/C12H23N3O/c1-12(6-7-13-9-12)14-8-11(16)15-10-4-2-3-5-10/h10,13-14H,2-9H2,1H3,(H,15,16). The Morgan fingerprint density at radius 1 is 1.44 bits per heavy atom. The van der Waals surface area contributed by atoms with E-state index in [1.165, 1.54) is 12.8 Å². The van der Waals surface area contributed by atoms with E-state index in [0.29, 0.717) is 12.6 Å². The first-order valence-corrected chi connectivity index (χ1v) is 6.43. The Hall–Kier alpha value is -0.610. The number of carbonyl (C=O) groups is 1. The Labute approximate surface area is 97.6 Å². The molecule has 1 atom stereocenters. The van der Waals surface area contributed by atoms with Crippen molar-refractivity contribution in [3.63, 3.8) is 0 Å². The zero-order valence-corrected chi connectivity index (χ0v) is 10.1. The lowest BCUT2D eigenvalue weighted by atomic mass is 10.0. The molecule has 1 aliphatic heterocycles. The SMILES string of the molecule is CC1(NCC(=O)NC2CCCC2)CCNC1. The van der Waals surface area contributed by atoms with Crippen LogP contribution in [0.25, 0.3) is 0 Å². The summed E-state index contributed by atoms with van der Waals surface area (Å²) in [5.74, 6) is 0.153. The molecule has 0 aromatic heterocycles. The van der Waals surface area contributed by atoms with Crippen molar-refractivity contribution in [2.24, 2.45) is 0 Å². The van der Waals surface area contributed by atoms with Gasteiger partial charge in [-0.2, -0.15) is 0 Å². The van der Waals surface area contributed by atoms with E-state index in [2.05, 4.69) is 22.9 Å². The molecule has 3 N–H and O–H groups in total. The van der Waals surface area contributed by atoms with Gasteiger partial charge in [-0.15, -0.1) is 0 Å². The molecular weight excluding hydrogens is 202 g/mol. The Morgan fingerprint density at radius 3 is 2.81 bits per heavy atom. The van der Waals surface area contributed by atoms with Crippen LogP contribution in [-0.4, -0.2) is 37.1 Å². The normalized spacial score (nSPS) is 30.8. The van der Waals surface area contributed by atoms with E-state index in [-0.39, 0.29) is 11.4 Å². The molecule has 1 unspecified atom stereocenters. The minimum atomic E-state index is 0.104. The summed E-state index contributed by atoms with van der Waals surface area (Å²) in [6, 6.07) is 0.434. The van der Waals surface area contributed by atoms with Gasteiger partial charge < -0.3 is 16.0 Å². The fourth-order valence-corrected chi connectivity index (χ4v) is 2.61. The van der Waals surface area contributed by atoms with E-state index >= 15 is 0 Å². The molecule has 1 saturated heterocycles. The van der Waals surface area contributed by atoms with Crippen LogP contribution in [0.15, 0.2) is 0 Å². The van der Waals surface area contributed by atoms with Crippen LogP contribution in [0.5, 0.6) is 0 Å². The first kappa shape index (κ1) is 11.9. The number of hydrogen-bond acceptors (Lipinski definition) is 3. The predicted molar refractivity (Wildman–Crippen MR) is 64.3 cm³/mol. The Morgan fingerprint density at radius 2 is 2.19 bits per heavy atom. The van der Waals surface area contributed by atoms with Crippen LogP contribution in [0, 0.1) is 0 Å². The summed E-state index contributed by atoms with van der Waals surface area (Å²) in [5, 5.41) is 9.77. The lowest BCUT2D eigenvalue weighted by molar-refractivity contribution is -0.121. The molecule has 16 heavy (non-hydrogen) atoms. The molecule has 0 bridgehead atoms. The van der Waals surface area contributed by atoms with Gasteiger partial charge in [-0.25, -0.2) is 0 Å². The fourth-order valence-electron chi connectivity index (χ4n) is 2.61. The number of amides is 1. The van der Waals surface area contributed by atoms with E-state index in [4.69, 9.17) is 0 Å². The molecule has 4 heteroatoms. The van der Waals surface area contributed by atoms with E-state index in [0.717, 1.165) is 32.4 Å². The maximum absolute atomic E-state index is 11.7. The predicted octanol–water partition coefficient (Wildman–Crippen LogP) is 0.387. The van der Waals surface area contributed by atoms with Gasteiger partial charge in [-0.05, 0) is 32.7 Å². The molecule has 1 amide bonds. The maximum Gasteiger partial charge on any atom is 0.234 e. The van der Waals surface area contributed by atoms with Gasteiger partial charge in [0.15, 0.2) is 0 Å². The average Bonchev–Trinajstić information content (AvgIpc) is 2.88. The molecule has 1 aliphatic carbocycles. The van der Waals surface area contributed by atoms with E-state index in [1.54, 1.807) is 0 Å². The van der Waals surface area contributed by atoms with Crippen LogP contribution in [0.2, 0.25) is 0 Å². The van der Waals surface area contributed by atoms with Crippen molar-refractivity contribution in [3.05, 3.63) is 0 Å². The summed E-state index contributed by atoms with van der Waals surface area (Å²) in [6.45, 7) is 4.64. The number of hydrogen-bond donors (Lipinski definition) is 3. The number of nitrogens with one attached hydrogen (secondary N) is 3. The first-order valence-electron chi connectivity index (χ1n) is 6.43. The molecule has 0 spiro atoms. The summed E-state index contributed by atoms with van der Waals surface area (Å²) in [4.78, 5) is 11.7. The minimum absolute atomic E-state index is 0.104. The maximum atomic E-state index is 11.7. The van der Waals surface area contributed by atoms with Gasteiger partial charge in [-0.3, -0.25) is 4.79 Å². The quantitative estimate of drug-likeness (QED) is 0.648. The van der Waals surface area contributed by atoms with Crippen LogP contribution in [0.3, 0.4) is 0 Å². The molecule has 2 fully saturated rings. The van der Waals surface area contributed by atoms with Crippen LogP contribution < -0.4 is 16.0 Å². The zero-order valence-electron chi connectivity index (χ0n) is 10.1. The van der Waals surface area contributed by atoms with Crippen LogP contribution >= 0.6 is 0 Å². The third kappa shape index (κ3) is 3.19. The molecule has 0 aromatic rings. The molecule has 0 aromatic carbocycles. The van der Waals surface area contributed by atoms with Crippen molar-refractivity contribution in [2.45, 2.75) is 50.6 Å². The molecule has 2 rings (SSSR count). The highest BCUT2D eigenvalue weighted by Crippen LogP contribution is 2.17. The smallest absolute Gasteiger partial charge is 0.234 e. The summed E-state index contributed by atoms with van der Waals surface area (Å²) in [7, 11) is 0. The largest absolute Gasteiger partial charge is 0.352 e. The van der Waals surface area contributed by atoms with Gasteiger partial charge in [0.05, 0.1) is 6.54 Å². The Bertz CT molecular complexity index is 243. The van der Waals surface area contributed by atoms with Gasteiger partial charge in [0.2, 0.25) is 5.91 Å². The lowest BCUT2D eigenvalue weighted by Crippen LogP contribution is -2.49. The van der Waals surface area contributed by atoms with E-state index in [9.17, 15) is 4.79 Å². The van der Waals surface area contributed by atoms with Crippen molar-refractivity contribution in [1.29, 1.82) is 0 Å². The summed E-state index contributed by atoms with van der Waals surface area (Å²) in [6.07, 6.45) is 5.94. The highest BCUT2D eigenvalue weighted by molar-refractivity contribution is 5.78. The van der Waals surface area contributed by atoms with Crippen LogP contribution in [0.1, 0.15) is 39.0 Å². The summed E-state index contributed by atoms with van der Waals surface area (Å²) in [5.41, 5.74) is 0.104. The van der Waals surface area contributed by atoms with Gasteiger partial charge >= 0.3 is 0 Å². The zero-order chi connectivity index (χ0) is 11.4. The monoisotopic (exact) mass is 225 g/mol. The second kappa shape index (κ2) is 5.15. The highest BCUT2D eigenvalue weighted by atomic mass is 16.2. The van der Waals surface area contributed by atoms with Gasteiger partial charge in [0, 0.05) is 18.1 Å². The molecule has 0 radical (unpaired) electrons. The molecule has 1 heterocycles. The van der Waals surface area contributed by atoms with Crippen molar-refractivity contribution < 1.29 is 4.79 Å². The Kier molecular flexibility index (Phi) is 3.82. The number of carbonyl (C=O) groups excluding carboxylic acids is 1. The lowest BCUT2D eigenvalue weighted by Gasteiger charge is -2.24. The molecule has 92 valence electrons. The van der Waals surface area contributed by atoms with E-state index < -0.39 is 0 Å². The van der Waals surface area contributed by atoms with Crippen molar-refractivity contribution in [2.75, 3.05) is 19.6 Å². The van der Waals surface area contributed by atoms with E-state index in [1.807, 2.05) is 0 Å². The molecular formula is C12H23N3O. The fraction of sp³-hybridized carbons (Fsp3) is 0.917. The van der Waals surface area contributed by atoms with Crippen LogP contribution in [-0.2, 0) is 4.79 Å². The topological polar surface area (TPSA) is 53.2 Å². The van der Waals surface area contributed by atoms with Gasteiger partial charge in [0.25, 0.3) is 0 Å². The third-order valence-corrected chi connectivity index (χ3v) is 3.76. The second-order valence-electron chi connectivity index (χ2n) is 5.39. The minimum Gasteiger partial charge on any atom is -0.352 e. The van der Waals surface area contributed by atoms with Crippen molar-refractivity contribution in [3.8, 4) is 0 Å². The second-order valence-corrected chi connectivity index (χ2v) is 5.39. The van der Waals surface area contributed by atoms with Crippen molar-refractivity contribution in [1.82, 2.24) is 16.0 Å². The summed E-state index contributed by atoms with van der Waals surface area (Å²) < 4.78 is 0. The molecule has 1 saturated carbocycles. The summed E-state index contributed by atoms with van der Waals surface area (Å²) >= 11 is 0. The van der Waals surface area contributed by atoms with Gasteiger partial charge in [0.1, 0.15) is 0 Å². The molecule has 2 aliphatic rings. The van der Waals surface area contributed by atoms with Gasteiger partial charge in [-0.1, -0.05) is 12.8 Å². The number of rotatable bonds is 4.